The van der Waals surface area contributed by atoms with Gasteiger partial charge in [-0.2, -0.15) is 5.26 Å². The second-order valence-corrected chi connectivity index (χ2v) is 12.5. The van der Waals surface area contributed by atoms with Crippen molar-refractivity contribution in [1.82, 2.24) is 15.3 Å². The molecule has 2 aromatic heterocycles. The third kappa shape index (κ3) is 11.8. The van der Waals surface area contributed by atoms with Crippen LogP contribution in [0.4, 0.5) is 5.69 Å². The van der Waals surface area contributed by atoms with Gasteiger partial charge in [0.25, 0.3) is 11.8 Å². The van der Waals surface area contributed by atoms with Crippen LogP contribution in [0.2, 0.25) is 0 Å². The fraction of sp³-hybridized carbons (Fsp3) is 0.500. The molecule has 0 radical (unpaired) electrons. The average Bonchev–Trinajstić information content (AvgIpc) is 3.36. The maximum absolute atomic E-state index is 13.5. The molecule has 0 aliphatic heterocycles. The predicted octanol–water partition coefficient (Wildman–Crippen LogP) is 7.69. The summed E-state index contributed by atoms with van der Waals surface area (Å²) in [5.41, 5.74) is 1.72. The van der Waals surface area contributed by atoms with Gasteiger partial charge in [0.05, 0.1) is 52.0 Å². The minimum Gasteiger partial charge on any atom is -0.490 e. The monoisotopic (exact) mass is 637 g/mol. The number of nitrogens with zero attached hydrogens (tertiary/aromatic N) is 3. The molecule has 2 heterocycles. The van der Waals surface area contributed by atoms with Crippen LogP contribution in [0.1, 0.15) is 92.4 Å². The third-order valence-electron chi connectivity index (χ3n) is 6.66. The zero-order valence-corrected chi connectivity index (χ0v) is 28.6. The fourth-order valence-electron chi connectivity index (χ4n) is 4.82. The summed E-state index contributed by atoms with van der Waals surface area (Å²) in [5.74, 6) is 1.24. The number of hydrogen-bond donors (Lipinski definition) is 2. The lowest BCUT2D eigenvalue weighted by atomic mass is 9.94. The minimum absolute atomic E-state index is 0.136. The lowest BCUT2D eigenvalue weighted by Crippen LogP contribution is -2.25. The molecule has 0 aliphatic carbocycles. The Morgan fingerprint density at radius 3 is 2.49 bits per heavy atom. The van der Waals surface area contributed by atoms with Crippen LogP contribution < -0.4 is 20.1 Å². The number of aryl methyl sites for hydroxylation is 1. The summed E-state index contributed by atoms with van der Waals surface area (Å²) in [6.07, 6.45) is 5.71. The van der Waals surface area contributed by atoms with E-state index >= 15 is 0 Å². The van der Waals surface area contributed by atoms with Crippen molar-refractivity contribution >= 4 is 39.1 Å². The average molecular weight is 638 g/mol. The van der Waals surface area contributed by atoms with Gasteiger partial charge in [-0.1, -0.05) is 40.2 Å². The van der Waals surface area contributed by atoms with Gasteiger partial charge < -0.3 is 24.8 Å². The number of benzene rings is 1. The van der Waals surface area contributed by atoms with E-state index in [9.17, 15) is 9.59 Å². The van der Waals surface area contributed by atoms with Crippen molar-refractivity contribution in [2.45, 2.75) is 79.8 Å². The molecular weight excluding hydrogens is 590 g/mol. The van der Waals surface area contributed by atoms with Gasteiger partial charge in [-0.05, 0) is 57.6 Å². The van der Waals surface area contributed by atoms with E-state index < -0.39 is 11.8 Å². The topological polar surface area (TPSA) is 135 Å². The highest BCUT2D eigenvalue weighted by molar-refractivity contribution is 7.19. The molecule has 2 N–H and O–H groups in total. The molecule has 244 valence electrons. The zero-order chi connectivity index (χ0) is 33.5. The number of carbonyl (C=O) groups excluding carboxylic acids is 2. The van der Waals surface area contributed by atoms with E-state index in [2.05, 4.69) is 48.0 Å². The number of aromatic nitrogens is 2. The standard InChI is InChI=1S/C24H25N5O4S.C10H22O/c1-13(2)33-19-9-8-17-22(34-15(4)28-17)21(19)24(31)29-18-12-26-20(32-5)11-16(18)23(30)27-14(3)7-6-10-25;1-5-6-9(2)7-10(3)8-11-4/h8-9,11-13H,3,6-7H2,1-2,4-5H3,(H,27,30)(H,29,31);9-10H,5-8H2,1-4H3. The van der Waals surface area contributed by atoms with E-state index in [-0.39, 0.29) is 29.7 Å². The zero-order valence-electron chi connectivity index (χ0n) is 27.8. The highest BCUT2D eigenvalue weighted by Gasteiger charge is 2.23. The number of nitriles is 1. The van der Waals surface area contributed by atoms with Gasteiger partial charge in [0.1, 0.15) is 11.3 Å². The van der Waals surface area contributed by atoms with E-state index in [0.29, 0.717) is 33.6 Å². The molecule has 2 unspecified atom stereocenters. The highest BCUT2D eigenvalue weighted by Crippen LogP contribution is 2.34. The molecule has 0 saturated heterocycles. The summed E-state index contributed by atoms with van der Waals surface area (Å²) >= 11 is 1.39. The van der Waals surface area contributed by atoms with Gasteiger partial charge in [0, 0.05) is 31.9 Å². The normalized spacial score (nSPS) is 12.0. The quantitative estimate of drug-likeness (QED) is 0.173. The number of nitrogens with one attached hydrogen (secondary N) is 2. The molecule has 10 nitrogen and oxygen atoms in total. The molecule has 2 atom stereocenters. The summed E-state index contributed by atoms with van der Waals surface area (Å²) in [4.78, 5) is 35.0. The number of pyridine rings is 1. The van der Waals surface area contributed by atoms with Crippen LogP contribution in [-0.2, 0) is 4.74 Å². The molecule has 45 heavy (non-hydrogen) atoms. The maximum Gasteiger partial charge on any atom is 0.261 e. The molecule has 11 heteroatoms. The molecule has 0 fully saturated rings. The van der Waals surface area contributed by atoms with Crippen molar-refractivity contribution in [3.63, 3.8) is 0 Å². The first-order valence-corrected chi connectivity index (χ1v) is 16.0. The largest absolute Gasteiger partial charge is 0.490 e. The molecule has 1 aromatic carbocycles. The number of rotatable bonds is 15. The number of anilines is 1. The first-order valence-electron chi connectivity index (χ1n) is 15.2. The number of carbonyl (C=O) groups is 2. The van der Waals surface area contributed by atoms with Crippen molar-refractivity contribution in [2.24, 2.45) is 11.8 Å². The molecule has 0 spiro atoms. The van der Waals surface area contributed by atoms with Crippen LogP contribution in [0.5, 0.6) is 11.6 Å². The molecular formula is C34H47N5O5S. The lowest BCUT2D eigenvalue weighted by molar-refractivity contribution is 0.0965. The van der Waals surface area contributed by atoms with Crippen molar-refractivity contribution in [2.75, 3.05) is 26.1 Å². The summed E-state index contributed by atoms with van der Waals surface area (Å²) in [5, 5.41) is 15.0. The van der Waals surface area contributed by atoms with E-state index in [0.717, 1.165) is 23.5 Å². The smallest absolute Gasteiger partial charge is 0.261 e. The van der Waals surface area contributed by atoms with E-state index in [4.69, 9.17) is 19.5 Å². The van der Waals surface area contributed by atoms with Crippen molar-refractivity contribution in [3.8, 4) is 17.7 Å². The third-order valence-corrected chi connectivity index (χ3v) is 7.67. The van der Waals surface area contributed by atoms with Crippen LogP contribution in [0, 0.1) is 30.1 Å². The van der Waals surface area contributed by atoms with Crippen LogP contribution in [0.25, 0.3) is 10.2 Å². The molecule has 0 aliphatic rings. The number of hydrogen-bond acceptors (Lipinski definition) is 9. The second-order valence-electron chi connectivity index (χ2n) is 11.3. The van der Waals surface area contributed by atoms with Gasteiger partial charge in [0.15, 0.2) is 0 Å². The fourth-order valence-corrected chi connectivity index (χ4v) is 5.77. The Labute approximate surface area is 271 Å². The Morgan fingerprint density at radius 1 is 1.13 bits per heavy atom. The number of methoxy groups -OCH3 is 2. The summed E-state index contributed by atoms with van der Waals surface area (Å²) in [6.45, 7) is 17.1. The number of ether oxygens (including phenoxy) is 3. The van der Waals surface area contributed by atoms with Gasteiger partial charge in [-0.3, -0.25) is 9.59 Å². The molecule has 2 amide bonds. The number of thiazole rings is 1. The van der Waals surface area contributed by atoms with Crippen LogP contribution >= 0.6 is 11.3 Å². The molecule has 3 aromatic rings. The molecule has 3 rings (SSSR count). The van der Waals surface area contributed by atoms with Crippen molar-refractivity contribution < 1.29 is 23.8 Å². The summed E-state index contributed by atoms with van der Waals surface area (Å²) < 4.78 is 16.8. The Kier molecular flexibility index (Phi) is 15.5. The number of allylic oxidation sites excluding steroid dienone is 1. The van der Waals surface area contributed by atoms with E-state index in [1.807, 2.05) is 32.9 Å². The summed E-state index contributed by atoms with van der Waals surface area (Å²) in [7, 11) is 3.21. The Morgan fingerprint density at radius 2 is 1.87 bits per heavy atom. The van der Waals surface area contributed by atoms with Crippen LogP contribution in [-0.4, -0.2) is 48.7 Å². The number of fused-ring (bicyclic) bond motifs is 1. The number of amides is 2. The van der Waals surface area contributed by atoms with Gasteiger partial charge in [0.2, 0.25) is 5.88 Å². The van der Waals surface area contributed by atoms with Crippen molar-refractivity contribution in [3.05, 3.63) is 52.8 Å². The van der Waals surface area contributed by atoms with Gasteiger partial charge in [-0.15, -0.1) is 11.3 Å². The second kappa shape index (κ2) is 18.7. The van der Waals surface area contributed by atoms with Gasteiger partial charge in [-0.25, -0.2) is 9.97 Å². The predicted molar refractivity (Wildman–Crippen MR) is 180 cm³/mol. The Balaban J connectivity index is 0.000000547. The highest BCUT2D eigenvalue weighted by atomic mass is 32.1. The molecule has 0 bridgehead atoms. The Hall–Kier alpha value is -4.01. The maximum atomic E-state index is 13.5. The first-order chi connectivity index (χ1) is 21.4. The Bertz CT molecular complexity index is 1470. The SMILES string of the molecule is C=C(CCC#N)NC(=O)c1cc(OC)ncc1NC(=O)c1c(OC(C)C)ccc2nc(C)sc12.CCCC(C)CC(C)COC. The minimum atomic E-state index is -0.510. The molecule has 0 saturated carbocycles. The van der Waals surface area contributed by atoms with Crippen LogP contribution in [0.3, 0.4) is 0 Å². The lowest BCUT2D eigenvalue weighted by Gasteiger charge is -2.16. The first kappa shape index (κ1) is 37.2. The van der Waals surface area contributed by atoms with Crippen molar-refractivity contribution in [1.29, 1.82) is 5.26 Å². The van der Waals surface area contributed by atoms with Crippen LogP contribution in [0.15, 0.2) is 36.7 Å². The van der Waals surface area contributed by atoms with E-state index in [1.54, 1.807) is 13.2 Å². The van der Waals surface area contributed by atoms with E-state index in [1.165, 1.54) is 50.0 Å². The van der Waals surface area contributed by atoms with Gasteiger partial charge >= 0.3 is 0 Å². The summed E-state index contributed by atoms with van der Waals surface area (Å²) in [6, 6.07) is 6.96.